The van der Waals surface area contributed by atoms with Crippen LogP contribution in [0.2, 0.25) is 0 Å². The minimum Gasteiger partial charge on any atom is -0.398 e. The van der Waals surface area contributed by atoms with Gasteiger partial charge in [0.15, 0.2) is 0 Å². The van der Waals surface area contributed by atoms with Crippen LogP contribution in [0.3, 0.4) is 0 Å². The molecule has 3 nitrogen and oxygen atoms in total. The zero-order valence-electron chi connectivity index (χ0n) is 11.0. The number of para-hydroxylation sites is 1. The van der Waals surface area contributed by atoms with E-state index in [4.69, 9.17) is 5.73 Å². The fourth-order valence-corrected chi connectivity index (χ4v) is 1.93. The molecule has 0 fully saturated rings. The van der Waals surface area contributed by atoms with Gasteiger partial charge in [0.05, 0.1) is 6.42 Å². The normalized spacial score (nSPS) is 10.2. The molecule has 2 aromatic carbocycles. The predicted octanol–water partition coefficient (Wildman–Crippen LogP) is 2.44. The van der Waals surface area contributed by atoms with Gasteiger partial charge in [-0.1, -0.05) is 42.5 Å². The first kappa shape index (κ1) is 13.1. The van der Waals surface area contributed by atoms with Gasteiger partial charge in [0, 0.05) is 12.2 Å². The van der Waals surface area contributed by atoms with E-state index in [2.05, 4.69) is 5.32 Å². The van der Waals surface area contributed by atoms with Gasteiger partial charge in [0.1, 0.15) is 0 Å². The fraction of sp³-hybridized carbons (Fsp3) is 0.188. The molecule has 0 saturated carbocycles. The first-order valence-corrected chi connectivity index (χ1v) is 6.31. The molecular formula is C16H18N2O. The first-order chi connectivity index (χ1) is 9.16. The average Bonchev–Trinajstić information content (AvgIpc) is 2.40. The molecule has 0 unspecified atom stereocenters. The van der Waals surface area contributed by atoms with Gasteiger partial charge in [-0.3, -0.25) is 4.79 Å². The molecule has 0 aliphatic heterocycles. The summed E-state index contributed by atoms with van der Waals surface area (Å²) < 4.78 is 0. The molecule has 0 aliphatic carbocycles. The van der Waals surface area contributed by atoms with Gasteiger partial charge < -0.3 is 11.1 Å². The third kappa shape index (κ3) is 3.58. The molecule has 2 aromatic rings. The van der Waals surface area contributed by atoms with Crippen LogP contribution in [0.25, 0.3) is 0 Å². The summed E-state index contributed by atoms with van der Waals surface area (Å²) in [5, 5.41) is 2.92. The summed E-state index contributed by atoms with van der Waals surface area (Å²) in [5.41, 5.74) is 9.66. The van der Waals surface area contributed by atoms with Crippen LogP contribution in [0, 0.1) is 6.92 Å². The van der Waals surface area contributed by atoms with Crippen LogP contribution in [-0.2, 0) is 17.8 Å². The Balaban J connectivity index is 1.92. The highest BCUT2D eigenvalue weighted by Crippen LogP contribution is 2.11. The first-order valence-electron chi connectivity index (χ1n) is 6.31. The topological polar surface area (TPSA) is 55.1 Å². The number of benzene rings is 2. The molecule has 0 aliphatic rings. The van der Waals surface area contributed by atoms with Crippen LogP contribution in [0.4, 0.5) is 5.69 Å². The summed E-state index contributed by atoms with van der Waals surface area (Å²) in [6.07, 6.45) is 0.318. The molecular weight excluding hydrogens is 236 g/mol. The second kappa shape index (κ2) is 6.05. The van der Waals surface area contributed by atoms with Crippen LogP contribution < -0.4 is 11.1 Å². The van der Waals surface area contributed by atoms with Crippen molar-refractivity contribution in [3.05, 3.63) is 65.2 Å². The second-order valence-electron chi connectivity index (χ2n) is 4.58. The zero-order valence-corrected chi connectivity index (χ0v) is 11.0. The van der Waals surface area contributed by atoms with E-state index in [1.807, 2.05) is 55.5 Å². The Labute approximate surface area is 113 Å². The molecule has 0 saturated heterocycles. The molecule has 2 rings (SSSR count). The van der Waals surface area contributed by atoms with Crippen molar-refractivity contribution in [3.63, 3.8) is 0 Å². The highest BCUT2D eigenvalue weighted by Gasteiger charge is 2.06. The van der Waals surface area contributed by atoms with Crippen molar-refractivity contribution in [2.75, 3.05) is 5.73 Å². The quantitative estimate of drug-likeness (QED) is 0.823. The Hall–Kier alpha value is -2.29. The maximum absolute atomic E-state index is 11.9. The second-order valence-corrected chi connectivity index (χ2v) is 4.58. The highest BCUT2D eigenvalue weighted by atomic mass is 16.1. The van der Waals surface area contributed by atoms with Crippen molar-refractivity contribution in [3.8, 4) is 0 Å². The minimum absolute atomic E-state index is 0.0128. The fourth-order valence-electron chi connectivity index (χ4n) is 1.93. The van der Waals surface area contributed by atoms with Crippen molar-refractivity contribution in [1.29, 1.82) is 0 Å². The van der Waals surface area contributed by atoms with Crippen molar-refractivity contribution >= 4 is 11.6 Å². The number of amides is 1. The van der Waals surface area contributed by atoms with Crippen LogP contribution in [-0.4, -0.2) is 5.91 Å². The standard InChI is InChI=1S/C16H18N2O/c1-12-6-2-3-8-14(12)11-18-16(19)10-13-7-4-5-9-15(13)17/h2-9H,10-11,17H2,1H3,(H,18,19). The Kier molecular flexibility index (Phi) is 4.18. The van der Waals surface area contributed by atoms with Gasteiger partial charge >= 0.3 is 0 Å². The maximum Gasteiger partial charge on any atom is 0.224 e. The van der Waals surface area contributed by atoms with Crippen molar-refractivity contribution < 1.29 is 4.79 Å². The van der Waals surface area contributed by atoms with Crippen LogP contribution in [0.15, 0.2) is 48.5 Å². The maximum atomic E-state index is 11.9. The van der Waals surface area contributed by atoms with E-state index in [0.29, 0.717) is 18.7 Å². The molecule has 0 bridgehead atoms. The van der Waals surface area contributed by atoms with Gasteiger partial charge in [-0.05, 0) is 29.7 Å². The molecule has 1 amide bonds. The summed E-state index contributed by atoms with van der Waals surface area (Å²) in [5.74, 6) is -0.0128. The molecule has 19 heavy (non-hydrogen) atoms. The number of anilines is 1. The highest BCUT2D eigenvalue weighted by molar-refractivity contribution is 5.80. The third-order valence-electron chi connectivity index (χ3n) is 3.14. The lowest BCUT2D eigenvalue weighted by Crippen LogP contribution is -2.25. The molecule has 3 N–H and O–H groups in total. The number of nitrogens with two attached hydrogens (primary N) is 1. The molecule has 0 radical (unpaired) electrons. The Bertz CT molecular complexity index is 578. The summed E-state index contributed by atoms with van der Waals surface area (Å²) >= 11 is 0. The number of rotatable bonds is 4. The van der Waals surface area contributed by atoms with E-state index in [1.165, 1.54) is 5.56 Å². The lowest BCUT2D eigenvalue weighted by Gasteiger charge is -2.09. The number of carbonyl (C=O) groups is 1. The number of carbonyl (C=O) groups excluding carboxylic acids is 1. The Morgan fingerprint density at radius 2 is 1.68 bits per heavy atom. The summed E-state index contributed by atoms with van der Waals surface area (Å²) in [6, 6.07) is 15.5. The minimum atomic E-state index is -0.0128. The van der Waals surface area contributed by atoms with Crippen molar-refractivity contribution in [1.82, 2.24) is 5.32 Å². The van der Waals surface area contributed by atoms with Gasteiger partial charge in [-0.15, -0.1) is 0 Å². The SMILES string of the molecule is Cc1ccccc1CNC(=O)Cc1ccccc1N. The smallest absolute Gasteiger partial charge is 0.224 e. The van der Waals surface area contributed by atoms with Crippen molar-refractivity contribution in [2.24, 2.45) is 0 Å². The molecule has 0 heterocycles. The monoisotopic (exact) mass is 254 g/mol. The largest absolute Gasteiger partial charge is 0.398 e. The van der Waals surface area contributed by atoms with E-state index >= 15 is 0 Å². The average molecular weight is 254 g/mol. The third-order valence-corrected chi connectivity index (χ3v) is 3.14. The lowest BCUT2D eigenvalue weighted by molar-refractivity contribution is -0.120. The summed E-state index contributed by atoms with van der Waals surface area (Å²) in [6.45, 7) is 2.59. The summed E-state index contributed by atoms with van der Waals surface area (Å²) in [4.78, 5) is 11.9. The van der Waals surface area contributed by atoms with Gasteiger partial charge in [-0.2, -0.15) is 0 Å². The van der Waals surface area contributed by atoms with Gasteiger partial charge in [0.25, 0.3) is 0 Å². The number of nitrogens with one attached hydrogen (secondary N) is 1. The number of hydrogen-bond acceptors (Lipinski definition) is 2. The number of aryl methyl sites for hydroxylation is 1. The summed E-state index contributed by atoms with van der Waals surface area (Å²) in [7, 11) is 0. The molecule has 3 heteroatoms. The van der Waals surface area contributed by atoms with E-state index < -0.39 is 0 Å². The molecule has 0 spiro atoms. The lowest BCUT2D eigenvalue weighted by atomic mass is 10.1. The predicted molar refractivity (Wildman–Crippen MR) is 77.6 cm³/mol. The number of hydrogen-bond donors (Lipinski definition) is 2. The van der Waals surface area contributed by atoms with E-state index in [9.17, 15) is 4.79 Å². The van der Waals surface area contributed by atoms with Crippen LogP contribution in [0.5, 0.6) is 0 Å². The zero-order chi connectivity index (χ0) is 13.7. The van der Waals surface area contributed by atoms with Crippen molar-refractivity contribution in [2.45, 2.75) is 19.9 Å². The Morgan fingerprint density at radius 1 is 1.05 bits per heavy atom. The molecule has 0 atom stereocenters. The molecule has 0 aromatic heterocycles. The van der Waals surface area contributed by atoms with E-state index in [-0.39, 0.29) is 5.91 Å². The van der Waals surface area contributed by atoms with Gasteiger partial charge in [-0.25, -0.2) is 0 Å². The van der Waals surface area contributed by atoms with Crippen LogP contribution in [0.1, 0.15) is 16.7 Å². The number of nitrogen functional groups attached to an aromatic ring is 1. The van der Waals surface area contributed by atoms with E-state index in [1.54, 1.807) is 0 Å². The van der Waals surface area contributed by atoms with E-state index in [0.717, 1.165) is 11.1 Å². The Morgan fingerprint density at radius 3 is 2.37 bits per heavy atom. The van der Waals surface area contributed by atoms with Crippen LogP contribution >= 0.6 is 0 Å². The molecule has 98 valence electrons. The van der Waals surface area contributed by atoms with Gasteiger partial charge in [0.2, 0.25) is 5.91 Å².